The zero-order chi connectivity index (χ0) is 18.9. The van der Waals surface area contributed by atoms with Crippen LogP contribution in [-0.4, -0.2) is 5.11 Å². The van der Waals surface area contributed by atoms with E-state index in [2.05, 4.69) is 13.8 Å². The summed E-state index contributed by atoms with van der Waals surface area (Å²) in [4.78, 5) is 0. The molecule has 0 radical (unpaired) electrons. The van der Waals surface area contributed by atoms with Crippen LogP contribution in [-0.2, 0) is 5.72 Å². The van der Waals surface area contributed by atoms with Gasteiger partial charge in [0.05, 0.1) is 0 Å². The zero-order valence-corrected chi connectivity index (χ0v) is 18.7. The zero-order valence-electron chi connectivity index (χ0n) is 18.0. The van der Waals surface area contributed by atoms with Crippen LogP contribution in [0.4, 0.5) is 0 Å². The lowest BCUT2D eigenvalue weighted by atomic mass is 10.00. The van der Waals surface area contributed by atoms with Gasteiger partial charge in [-0.3, -0.25) is 0 Å². The van der Waals surface area contributed by atoms with Crippen LogP contribution in [0.2, 0.25) is 0 Å². The van der Waals surface area contributed by atoms with E-state index >= 15 is 0 Å². The minimum Gasteiger partial charge on any atom is -1.00 e. The number of pyridine rings is 1. The summed E-state index contributed by atoms with van der Waals surface area (Å²) in [7, 11) is 0. The topological polar surface area (TPSA) is 24.1 Å². The highest BCUT2D eigenvalue weighted by molar-refractivity contribution is 4.84. The van der Waals surface area contributed by atoms with Crippen molar-refractivity contribution >= 4 is 0 Å². The molecule has 0 saturated heterocycles. The number of unbranched alkanes of at least 4 members (excludes halogenated alkanes) is 13. The maximum absolute atomic E-state index is 10.8. The predicted molar refractivity (Wildman–Crippen MR) is 112 cm³/mol. The van der Waals surface area contributed by atoms with E-state index in [9.17, 15) is 5.11 Å². The smallest absolute Gasteiger partial charge is 0.269 e. The van der Waals surface area contributed by atoms with Crippen LogP contribution in [0.25, 0.3) is 0 Å². The summed E-state index contributed by atoms with van der Waals surface area (Å²) in [6.45, 7) is 4.36. The van der Waals surface area contributed by atoms with E-state index < -0.39 is 5.72 Å². The number of aliphatic hydroxyl groups is 1. The lowest BCUT2D eigenvalue weighted by Crippen LogP contribution is -3.00. The van der Waals surface area contributed by atoms with E-state index in [1.54, 1.807) is 0 Å². The molecular formula is C24H44ClNO. The Morgan fingerprint density at radius 3 is 1.44 bits per heavy atom. The van der Waals surface area contributed by atoms with Crippen molar-refractivity contribution in [3.8, 4) is 0 Å². The largest absolute Gasteiger partial charge is 1.00 e. The quantitative estimate of drug-likeness (QED) is 0.313. The number of hydrogen-bond donors (Lipinski definition) is 1. The molecule has 2 nitrogen and oxygen atoms in total. The molecule has 1 atom stereocenters. The first-order chi connectivity index (χ1) is 12.7. The molecule has 0 saturated carbocycles. The van der Waals surface area contributed by atoms with Crippen LogP contribution in [0, 0.1) is 0 Å². The summed E-state index contributed by atoms with van der Waals surface area (Å²) in [5.74, 6) is 0. The van der Waals surface area contributed by atoms with Gasteiger partial charge in [0.2, 0.25) is 0 Å². The van der Waals surface area contributed by atoms with Crippen molar-refractivity contribution in [1.82, 2.24) is 0 Å². The number of rotatable bonds is 17. The summed E-state index contributed by atoms with van der Waals surface area (Å²) >= 11 is 0. The highest BCUT2D eigenvalue weighted by Gasteiger charge is 2.33. The molecule has 1 heterocycles. The molecule has 158 valence electrons. The molecule has 1 N–H and O–H groups in total. The lowest BCUT2D eigenvalue weighted by Gasteiger charge is -2.20. The maximum atomic E-state index is 10.8. The first-order valence-electron chi connectivity index (χ1n) is 11.4. The molecule has 0 amide bonds. The van der Waals surface area contributed by atoms with E-state index in [0.717, 1.165) is 19.3 Å². The highest BCUT2D eigenvalue weighted by atomic mass is 35.5. The fourth-order valence-corrected chi connectivity index (χ4v) is 3.77. The van der Waals surface area contributed by atoms with E-state index in [4.69, 9.17) is 0 Å². The van der Waals surface area contributed by atoms with E-state index in [1.165, 1.54) is 83.5 Å². The van der Waals surface area contributed by atoms with Gasteiger partial charge in [0.25, 0.3) is 5.72 Å². The van der Waals surface area contributed by atoms with Gasteiger partial charge in [-0.2, -0.15) is 4.57 Å². The summed E-state index contributed by atoms with van der Waals surface area (Å²) in [5, 5.41) is 10.8. The fraction of sp³-hybridized carbons (Fsp3) is 0.792. The molecule has 1 rings (SSSR count). The minimum absolute atomic E-state index is 0. The number of aromatic nitrogens is 1. The van der Waals surface area contributed by atoms with Crippen LogP contribution in [0.1, 0.15) is 117 Å². The van der Waals surface area contributed by atoms with Gasteiger partial charge in [0, 0.05) is 25.0 Å². The third-order valence-electron chi connectivity index (χ3n) is 5.69. The standard InChI is InChI=1S/C24H44NO.ClH/c1-3-5-6-7-8-9-10-11-12-13-14-15-16-18-21-24(26,4-2)25-22-19-17-20-23-25;/h17,19-20,22-23,26H,3-16,18,21H2,1-2H3;1H/q+1;/p-1. The Hall–Kier alpha value is -0.600. The van der Waals surface area contributed by atoms with E-state index in [1.807, 2.05) is 35.2 Å². The first kappa shape index (κ1) is 26.4. The second-order valence-electron chi connectivity index (χ2n) is 7.96. The van der Waals surface area contributed by atoms with Crippen molar-refractivity contribution < 1.29 is 22.1 Å². The van der Waals surface area contributed by atoms with Gasteiger partial charge in [-0.25, -0.2) is 0 Å². The molecule has 3 heteroatoms. The molecule has 1 aromatic heterocycles. The molecule has 0 aliphatic heterocycles. The molecule has 0 bridgehead atoms. The van der Waals surface area contributed by atoms with Crippen LogP contribution in [0.3, 0.4) is 0 Å². The monoisotopic (exact) mass is 397 g/mol. The molecule has 0 aromatic carbocycles. The van der Waals surface area contributed by atoms with Crippen LogP contribution < -0.4 is 17.0 Å². The number of halogens is 1. The SMILES string of the molecule is CCCCCCCCCCCCCCCCC(O)(CC)[n+]1ccccc1.[Cl-]. The summed E-state index contributed by atoms with van der Waals surface area (Å²) < 4.78 is 1.97. The van der Waals surface area contributed by atoms with Gasteiger partial charge < -0.3 is 17.5 Å². The molecule has 0 aliphatic carbocycles. The Morgan fingerprint density at radius 2 is 1.04 bits per heavy atom. The van der Waals surface area contributed by atoms with Crippen molar-refractivity contribution in [1.29, 1.82) is 0 Å². The average Bonchev–Trinajstić information content (AvgIpc) is 2.68. The fourth-order valence-electron chi connectivity index (χ4n) is 3.77. The predicted octanol–water partition coefficient (Wildman–Crippen LogP) is 3.90. The summed E-state index contributed by atoms with van der Waals surface area (Å²) in [6.07, 6.45) is 24.8. The van der Waals surface area contributed by atoms with Gasteiger partial charge in [-0.15, -0.1) is 0 Å². The normalized spacial score (nSPS) is 13.1. The van der Waals surface area contributed by atoms with Crippen molar-refractivity contribution in [3.63, 3.8) is 0 Å². The molecule has 27 heavy (non-hydrogen) atoms. The summed E-state index contributed by atoms with van der Waals surface area (Å²) in [5.41, 5.74) is -0.710. The van der Waals surface area contributed by atoms with Crippen LogP contribution in [0.15, 0.2) is 30.6 Å². The third kappa shape index (κ3) is 12.5. The highest BCUT2D eigenvalue weighted by Crippen LogP contribution is 2.20. The van der Waals surface area contributed by atoms with E-state index in [0.29, 0.717) is 0 Å². The Labute approximate surface area is 175 Å². The molecular weight excluding hydrogens is 354 g/mol. The van der Waals surface area contributed by atoms with Gasteiger partial charge in [-0.05, 0) is 6.42 Å². The molecule has 1 aromatic rings. The van der Waals surface area contributed by atoms with Gasteiger partial charge >= 0.3 is 0 Å². The van der Waals surface area contributed by atoms with Crippen molar-refractivity contribution in [2.45, 2.75) is 122 Å². The molecule has 1 unspecified atom stereocenters. The first-order valence-corrected chi connectivity index (χ1v) is 11.4. The molecule has 0 aliphatic rings. The van der Waals surface area contributed by atoms with Crippen LogP contribution >= 0.6 is 0 Å². The number of nitrogens with zero attached hydrogens (tertiary/aromatic N) is 1. The van der Waals surface area contributed by atoms with Crippen molar-refractivity contribution in [2.24, 2.45) is 0 Å². The average molecular weight is 398 g/mol. The maximum Gasteiger partial charge on any atom is 0.269 e. The number of hydrogen-bond acceptors (Lipinski definition) is 1. The Morgan fingerprint density at radius 1 is 0.630 bits per heavy atom. The van der Waals surface area contributed by atoms with E-state index in [-0.39, 0.29) is 12.4 Å². The lowest BCUT2D eigenvalue weighted by molar-refractivity contribution is -0.809. The van der Waals surface area contributed by atoms with Gasteiger partial charge in [-0.1, -0.05) is 103 Å². The second-order valence-corrected chi connectivity index (χ2v) is 7.96. The Kier molecular flexibility index (Phi) is 17.1. The molecule has 0 spiro atoms. The van der Waals surface area contributed by atoms with Crippen molar-refractivity contribution in [2.75, 3.05) is 0 Å². The van der Waals surface area contributed by atoms with Crippen LogP contribution in [0.5, 0.6) is 0 Å². The van der Waals surface area contributed by atoms with Crippen molar-refractivity contribution in [3.05, 3.63) is 30.6 Å². The Bertz CT molecular complexity index is 426. The van der Waals surface area contributed by atoms with Gasteiger partial charge in [0.1, 0.15) is 0 Å². The minimum atomic E-state index is -0.710. The molecule has 0 fully saturated rings. The van der Waals surface area contributed by atoms with Gasteiger partial charge in [0.15, 0.2) is 12.4 Å². The third-order valence-corrected chi connectivity index (χ3v) is 5.69. The second kappa shape index (κ2) is 17.5. The summed E-state index contributed by atoms with van der Waals surface area (Å²) in [6, 6.07) is 5.98. The Balaban J connectivity index is 0.00000676.